The van der Waals surface area contributed by atoms with Gasteiger partial charge in [0.2, 0.25) is 0 Å². The van der Waals surface area contributed by atoms with Crippen LogP contribution in [0, 0.1) is 20.2 Å². The first-order valence-corrected chi connectivity index (χ1v) is 20.0. The zero-order valence-corrected chi connectivity index (χ0v) is 35.4. The highest BCUT2D eigenvalue weighted by Gasteiger charge is 2.34. The minimum atomic E-state index is -1.73. The topological polar surface area (TPSA) is 220 Å². The van der Waals surface area contributed by atoms with E-state index in [2.05, 4.69) is 0 Å². The molecule has 0 heterocycles. The van der Waals surface area contributed by atoms with Crippen molar-refractivity contribution in [1.82, 2.24) is 0 Å². The molecule has 0 aromatic heterocycles. The van der Waals surface area contributed by atoms with E-state index >= 15 is 0 Å². The Morgan fingerprint density at radius 2 is 0.767 bits per heavy atom. The molecule has 60 heavy (non-hydrogen) atoms. The fraction of sp³-hybridized carbons (Fsp3) is 0.435. The third-order valence-corrected chi connectivity index (χ3v) is 10.9. The average Bonchev–Trinajstić information content (AvgIpc) is 3.14. The van der Waals surface area contributed by atoms with Crippen molar-refractivity contribution in [2.24, 2.45) is 0 Å². The first kappa shape index (κ1) is 44.9. The van der Waals surface area contributed by atoms with Gasteiger partial charge in [-0.25, -0.2) is 9.59 Å². The lowest BCUT2D eigenvalue weighted by Gasteiger charge is -2.25. The fourth-order valence-corrected chi connectivity index (χ4v) is 7.60. The average molecular weight is 827 g/mol. The van der Waals surface area contributed by atoms with Crippen molar-refractivity contribution in [1.29, 1.82) is 0 Å². The second-order valence-corrected chi connectivity index (χ2v) is 17.5. The molecular formula is C46H54N2O12. The third-order valence-electron chi connectivity index (χ3n) is 10.9. The second kappa shape index (κ2) is 17.6. The molecule has 320 valence electrons. The molecule has 0 spiro atoms. The van der Waals surface area contributed by atoms with Crippen LogP contribution in [0.25, 0.3) is 0 Å². The summed E-state index contributed by atoms with van der Waals surface area (Å²) in [5.74, 6) is -2.60. The van der Waals surface area contributed by atoms with Gasteiger partial charge in [-0.3, -0.25) is 20.2 Å². The summed E-state index contributed by atoms with van der Waals surface area (Å²) < 4.78 is 10.0. The van der Waals surface area contributed by atoms with Gasteiger partial charge in [0.15, 0.2) is 0 Å². The second-order valence-electron chi connectivity index (χ2n) is 17.5. The number of aromatic hydroxyl groups is 4. The van der Waals surface area contributed by atoms with E-state index in [-0.39, 0.29) is 74.7 Å². The van der Waals surface area contributed by atoms with Crippen LogP contribution in [0.1, 0.15) is 122 Å². The van der Waals surface area contributed by atoms with E-state index in [0.29, 0.717) is 55.6 Å². The van der Waals surface area contributed by atoms with Crippen molar-refractivity contribution in [3.05, 3.63) is 136 Å². The molecule has 0 radical (unpaired) electrons. The van der Waals surface area contributed by atoms with Gasteiger partial charge >= 0.3 is 24.0 Å². The Labute approximate surface area is 349 Å². The maximum absolute atomic E-state index is 12.7. The molecule has 0 saturated heterocycles. The molecular weight excluding hydrogens is 773 g/mol. The van der Waals surface area contributed by atoms with Crippen LogP contribution < -0.4 is 0 Å². The van der Waals surface area contributed by atoms with Crippen molar-refractivity contribution in [3.8, 4) is 23.0 Å². The first-order chi connectivity index (χ1) is 28.0. The van der Waals surface area contributed by atoms with E-state index < -0.39 is 44.7 Å². The zero-order valence-electron chi connectivity index (χ0n) is 35.4. The van der Waals surface area contributed by atoms with Crippen molar-refractivity contribution in [3.63, 3.8) is 0 Å². The molecule has 14 heteroatoms. The summed E-state index contributed by atoms with van der Waals surface area (Å²) in [6.45, 7) is 14.9. The first-order valence-electron chi connectivity index (χ1n) is 20.0. The number of ether oxygens (including phenoxy) is 2. The SMILES string of the molecule is CCOC(=O)C(Cc1cc2c(O)c(c1)Cc1cc(C(C)(C)C)cc(c1O)Cc1cc(CC(C(=O)OCC)[N+](=O)[O-])cc(c1O)Cc1cc(C(C)(C)C)cc(c1O)C2)[N+](=O)[O-]. The largest absolute Gasteiger partial charge is 0.507 e. The van der Waals surface area contributed by atoms with Crippen LogP contribution in [0.5, 0.6) is 23.0 Å². The van der Waals surface area contributed by atoms with Gasteiger partial charge in [-0.05, 0) is 91.4 Å². The Kier molecular flexibility index (Phi) is 13.2. The van der Waals surface area contributed by atoms with E-state index in [1.54, 1.807) is 62.4 Å². The van der Waals surface area contributed by atoms with Crippen LogP contribution >= 0.6 is 0 Å². The number of hydrogen-bond donors (Lipinski definition) is 4. The Balaban J connectivity index is 1.83. The van der Waals surface area contributed by atoms with Crippen LogP contribution in [0.4, 0.5) is 0 Å². The van der Waals surface area contributed by atoms with Gasteiger partial charge in [-0.15, -0.1) is 0 Å². The van der Waals surface area contributed by atoms with Crippen molar-refractivity contribution in [2.45, 2.75) is 117 Å². The standard InChI is InChI=1S/C46H54N2O12/c1-9-59-43(53)37(47(55)56)15-25-11-27-17-31-21-35(45(3,4)5)23-33(41(31)51)19-29-13-26(16-38(48(57)58)44(54)60-10-2)14-30(40(29)50)20-34-24-36(46(6,7)8)22-32(42(34)52)18-28(12-25)39(27)49/h11-14,21-24,37-38,49-52H,9-10,15-20H2,1-8H3. The van der Waals surface area contributed by atoms with Crippen molar-refractivity contribution >= 4 is 11.9 Å². The van der Waals surface area contributed by atoms with Gasteiger partial charge in [-0.2, -0.15) is 0 Å². The predicted octanol–water partition coefficient (Wildman–Crippen LogP) is 7.28. The van der Waals surface area contributed by atoms with Crippen LogP contribution in [-0.2, 0) is 68.4 Å². The van der Waals surface area contributed by atoms with Gasteiger partial charge in [0, 0.05) is 35.5 Å². The van der Waals surface area contributed by atoms with Crippen LogP contribution in [-0.4, -0.2) is 67.5 Å². The normalized spacial score (nSPS) is 13.9. The predicted molar refractivity (Wildman–Crippen MR) is 223 cm³/mol. The lowest BCUT2D eigenvalue weighted by atomic mass is 9.81. The monoisotopic (exact) mass is 826 g/mol. The van der Waals surface area contributed by atoms with Crippen LogP contribution in [0.3, 0.4) is 0 Å². The molecule has 2 atom stereocenters. The van der Waals surface area contributed by atoms with Crippen LogP contribution in [0.2, 0.25) is 0 Å². The number of nitrogens with zero attached hydrogens (tertiary/aromatic N) is 2. The maximum atomic E-state index is 12.7. The van der Waals surface area contributed by atoms with Gasteiger partial charge in [-0.1, -0.05) is 90.1 Å². The quantitative estimate of drug-likeness (QED) is 0.0620. The smallest absolute Gasteiger partial charge is 0.382 e. The molecule has 14 nitrogen and oxygen atoms in total. The molecule has 1 aliphatic carbocycles. The van der Waals surface area contributed by atoms with Gasteiger partial charge in [0.05, 0.1) is 26.1 Å². The van der Waals surface area contributed by atoms with E-state index in [4.69, 9.17) is 9.47 Å². The number of carbonyl (C=O) groups is 2. The molecule has 0 aliphatic heterocycles. The highest BCUT2D eigenvalue weighted by molar-refractivity contribution is 5.75. The van der Waals surface area contributed by atoms with Crippen molar-refractivity contribution in [2.75, 3.05) is 13.2 Å². The summed E-state index contributed by atoms with van der Waals surface area (Å²) in [6.07, 6.45) is -0.934. The number of fused-ring (bicyclic) bond motifs is 8. The summed E-state index contributed by atoms with van der Waals surface area (Å²) in [5.41, 5.74) is 4.20. The van der Waals surface area contributed by atoms with Crippen LogP contribution in [0.15, 0.2) is 48.5 Å². The van der Waals surface area contributed by atoms with E-state index in [9.17, 15) is 50.2 Å². The molecule has 8 bridgehead atoms. The van der Waals surface area contributed by atoms with E-state index in [1.165, 1.54) is 0 Å². The third kappa shape index (κ3) is 9.98. The molecule has 4 aromatic carbocycles. The number of nitro groups is 2. The number of rotatable bonds is 10. The van der Waals surface area contributed by atoms with E-state index in [0.717, 1.165) is 11.1 Å². The summed E-state index contributed by atoms with van der Waals surface area (Å²) in [5, 5.41) is 72.2. The number of hydrogen-bond acceptors (Lipinski definition) is 12. The molecule has 2 unspecified atom stereocenters. The van der Waals surface area contributed by atoms with Crippen molar-refractivity contribution < 1.29 is 49.3 Å². The minimum absolute atomic E-state index is 0.0532. The molecule has 0 fully saturated rings. The number of phenolic OH excluding ortho intramolecular Hbond substituents is 4. The van der Waals surface area contributed by atoms with Gasteiger partial charge in [0.1, 0.15) is 23.0 Å². The molecule has 4 N–H and O–H groups in total. The summed E-state index contributed by atoms with van der Waals surface area (Å²) in [7, 11) is 0. The maximum Gasteiger partial charge on any atom is 0.382 e. The fourth-order valence-electron chi connectivity index (χ4n) is 7.60. The Hall–Kier alpha value is -6.18. The highest BCUT2D eigenvalue weighted by atomic mass is 16.6. The Morgan fingerprint density at radius 3 is 0.967 bits per heavy atom. The Bertz CT molecular complexity index is 2080. The number of benzene rings is 4. The molecule has 4 aromatic rings. The minimum Gasteiger partial charge on any atom is -0.507 e. The number of phenols is 4. The lowest BCUT2D eigenvalue weighted by molar-refractivity contribution is -0.510. The molecule has 0 saturated carbocycles. The van der Waals surface area contributed by atoms with E-state index in [1.807, 2.05) is 41.5 Å². The Morgan fingerprint density at radius 1 is 0.533 bits per heavy atom. The highest BCUT2D eigenvalue weighted by Crippen LogP contribution is 2.41. The van der Waals surface area contributed by atoms with Gasteiger partial charge < -0.3 is 29.9 Å². The molecule has 5 rings (SSSR count). The lowest BCUT2D eigenvalue weighted by Crippen LogP contribution is -2.33. The summed E-state index contributed by atoms with van der Waals surface area (Å²) >= 11 is 0. The molecule has 1 aliphatic rings. The zero-order chi connectivity index (χ0) is 44.4. The van der Waals surface area contributed by atoms with Gasteiger partial charge in [0.25, 0.3) is 0 Å². The summed E-state index contributed by atoms with van der Waals surface area (Å²) in [6, 6.07) is 10.0. The summed E-state index contributed by atoms with van der Waals surface area (Å²) in [4.78, 5) is 48.3. The number of carbonyl (C=O) groups excluding carboxylic acids is 2. The molecule has 0 amide bonds. The number of esters is 2.